The van der Waals surface area contributed by atoms with Gasteiger partial charge in [-0.05, 0) is 19.4 Å². The highest BCUT2D eigenvalue weighted by Gasteiger charge is 2.24. The van der Waals surface area contributed by atoms with Gasteiger partial charge in [0.05, 0.1) is 31.7 Å². The van der Waals surface area contributed by atoms with E-state index in [4.69, 9.17) is 9.47 Å². The number of nitrogens with one attached hydrogen (secondary N) is 1. The fourth-order valence-corrected chi connectivity index (χ4v) is 2.40. The lowest BCUT2D eigenvalue weighted by Gasteiger charge is -2.22. The number of hydrogen-bond acceptors (Lipinski definition) is 5. The number of carbonyl (C=O) groups excluding carboxylic acids is 1. The Hall–Kier alpha value is -1.96. The Morgan fingerprint density at radius 3 is 2.22 bits per heavy atom. The summed E-state index contributed by atoms with van der Waals surface area (Å²) in [7, 11) is 0.750. The minimum Gasteiger partial charge on any atom is -0.493 e. The summed E-state index contributed by atoms with van der Waals surface area (Å²) in [6.45, 7) is 3.82. The summed E-state index contributed by atoms with van der Waals surface area (Å²) in [6.07, 6.45) is 1.83. The highest BCUT2D eigenvalue weighted by Crippen LogP contribution is 2.35. The average molecular weight is 344 g/mol. The van der Waals surface area contributed by atoms with Gasteiger partial charge in [0.1, 0.15) is 0 Å². The van der Waals surface area contributed by atoms with Gasteiger partial charge in [0.2, 0.25) is 10.0 Å². The van der Waals surface area contributed by atoms with Crippen LogP contribution in [0.15, 0.2) is 12.1 Å². The SMILES string of the molecule is CCC(C)NC(=O)c1cc(OC)c(OC)cc1N(C)S(C)(=O)=O. The molecule has 0 saturated heterocycles. The lowest BCUT2D eigenvalue weighted by atomic mass is 10.1. The van der Waals surface area contributed by atoms with Crippen LogP contribution in [0.2, 0.25) is 0 Å². The summed E-state index contributed by atoms with van der Waals surface area (Å²) in [6, 6.07) is 2.92. The van der Waals surface area contributed by atoms with Gasteiger partial charge in [-0.2, -0.15) is 0 Å². The molecule has 0 bridgehead atoms. The van der Waals surface area contributed by atoms with Gasteiger partial charge >= 0.3 is 0 Å². The van der Waals surface area contributed by atoms with Crippen molar-refractivity contribution < 1.29 is 22.7 Å². The van der Waals surface area contributed by atoms with Crippen LogP contribution in [-0.2, 0) is 10.0 Å². The second-order valence-electron chi connectivity index (χ2n) is 5.24. The smallest absolute Gasteiger partial charge is 0.253 e. The first-order valence-electron chi connectivity index (χ1n) is 7.16. The fourth-order valence-electron chi connectivity index (χ4n) is 1.89. The molecule has 23 heavy (non-hydrogen) atoms. The molecule has 1 unspecified atom stereocenters. The van der Waals surface area contributed by atoms with Crippen molar-refractivity contribution in [3.8, 4) is 11.5 Å². The summed E-state index contributed by atoms with van der Waals surface area (Å²) in [5.41, 5.74) is 0.432. The Balaban J connectivity index is 3.48. The Morgan fingerprint density at radius 2 is 1.78 bits per heavy atom. The maximum Gasteiger partial charge on any atom is 0.253 e. The molecule has 0 saturated carbocycles. The van der Waals surface area contributed by atoms with E-state index in [0.717, 1.165) is 17.0 Å². The lowest BCUT2D eigenvalue weighted by molar-refractivity contribution is 0.0939. The van der Waals surface area contributed by atoms with Crippen LogP contribution >= 0.6 is 0 Å². The third kappa shape index (κ3) is 4.51. The number of benzene rings is 1. The first kappa shape index (κ1) is 19.1. The fraction of sp³-hybridized carbons (Fsp3) is 0.533. The molecule has 0 radical (unpaired) electrons. The minimum absolute atomic E-state index is 0.0352. The summed E-state index contributed by atoms with van der Waals surface area (Å²) < 4.78 is 35.2. The number of amides is 1. The van der Waals surface area contributed by atoms with E-state index in [0.29, 0.717) is 11.5 Å². The second kappa shape index (κ2) is 7.54. The van der Waals surface area contributed by atoms with Gasteiger partial charge < -0.3 is 14.8 Å². The van der Waals surface area contributed by atoms with Crippen LogP contribution in [0.3, 0.4) is 0 Å². The zero-order chi connectivity index (χ0) is 17.8. The van der Waals surface area contributed by atoms with E-state index in [1.165, 1.54) is 33.4 Å². The first-order chi connectivity index (χ1) is 10.6. The van der Waals surface area contributed by atoms with E-state index in [-0.39, 0.29) is 23.2 Å². The van der Waals surface area contributed by atoms with Gasteiger partial charge in [-0.3, -0.25) is 9.10 Å². The average Bonchev–Trinajstić information content (AvgIpc) is 2.51. The van der Waals surface area contributed by atoms with Gasteiger partial charge in [-0.1, -0.05) is 6.92 Å². The summed E-state index contributed by atoms with van der Waals surface area (Å²) >= 11 is 0. The predicted molar refractivity (Wildman–Crippen MR) is 90.0 cm³/mol. The molecule has 1 aromatic carbocycles. The molecule has 1 amide bonds. The molecule has 0 heterocycles. The zero-order valence-corrected chi connectivity index (χ0v) is 15.2. The molecule has 130 valence electrons. The van der Waals surface area contributed by atoms with Crippen LogP contribution in [0.4, 0.5) is 5.69 Å². The molecule has 1 aromatic rings. The van der Waals surface area contributed by atoms with Crippen molar-refractivity contribution in [3.05, 3.63) is 17.7 Å². The number of rotatable bonds is 7. The number of carbonyl (C=O) groups is 1. The molecule has 7 nitrogen and oxygen atoms in total. The molecular weight excluding hydrogens is 320 g/mol. The van der Waals surface area contributed by atoms with Crippen molar-refractivity contribution in [2.45, 2.75) is 26.3 Å². The third-order valence-corrected chi connectivity index (χ3v) is 4.76. The number of hydrogen-bond donors (Lipinski definition) is 1. The largest absolute Gasteiger partial charge is 0.493 e. The van der Waals surface area contributed by atoms with Crippen molar-refractivity contribution in [1.29, 1.82) is 0 Å². The summed E-state index contributed by atoms with van der Waals surface area (Å²) in [4.78, 5) is 12.5. The number of methoxy groups -OCH3 is 2. The van der Waals surface area contributed by atoms with Crippen molar-refractivity contribution >= 4 is 21.6 Å². The highest BCUT2D eigenvalue weighted by molar-refractivity contribution is 7.92. The summed E-state index contributed by atoms with van der Waals surface area (Å²) in [5.74, 6) is 0.330. The molecule has 1 N–H and O–H groups in total. The predicted octanol–water partition coefficient (Wildman–Crippen LogP) is 1.63. The van der Waals surface area contributed by atoms with Gasteiger partial charge in [0.25, 0.3) is 5.91 Å². The molecule has 0 aliphatic rings. The molecule has 0 spiro atoms. The monoisotopic (exact) mass is 344 g/mol. The number of nitrogens with zero attached hydrogens (tertiary/aromatic N) is 1. The molecule has 1 atom stereocenters. The molecule has 8 heteroatoms. The standard InChI is InChI=1S/C15H24N2O5S/c1-7-10(2)16-15(18)11-8-13(21-4)14(22-5)9-12(11)17(3)23(6,19)20/h8-10H,7H2,1-6H3,(H,16,18). The molecule has 0 fully saturated rings. The Morgan fingerprint density at radius 1 is 1.26 bits per heavy atom. The van der Waals surface area contributed by atoms with Crippen LogP contribution < -0.4 is 19.1 Å². The van der Waals surface area contributed by atoms with Crippen molar-refractivity contribution in [2.75, 3.05) is 31.8 Å². The number of ether oxygens (including phenoxy) is 2. The van der Waals surface area contributed by atoms with E-state index in [9.17, 15) is 13.2 Å². The van der Waals surface area contributed by atoms with E-state index in [1.54, 1.807) is 0 Å². The minimum atomic E-state index is -3.53. The van der Waals surface area contributed by atoms with Crippen molar-refractivity contribution in [3.63, 3.8) is 0 Å². The topological polar surface area (TPSA) is 84.9 Å². The van der Waals surface area contributed by atoms with E-state index < -0.39 is 10.0 Å². The number of anilines is 1. The van der Waals surface area contributed by atoms with E-state index in [1.807, 2.05) is 13.8 Å². The summed E-state index contributed by atoms with van der Waals surface area (Å²) in [5, 5.41) is 2.82. The maximum absolute atomic E-state index is 12.5. The zero-order valence-electron chi connectivity index (χ0n) is 14.3. The normalized spacial score (nSPS) is 12.4. The Kier molecular flexibility index (Phi) is 6.26. The van der Waals surface area contributed by atoms with E-state index in [2.05, 4.69) is 5.32 Å². The van der Waals surface area contributed by atoms with Gasteiger partial charge in [0.15, 0.2) is 11.5 Å². The Labute approximate surface area is 137 Å². The molecule has 0 aliphatic carbocycles. The molecule has 0 aliphatic heterocycles. The second-order valence-corrected chi connectivity index (χ2v) is 7.25. The third-order valence-electron chi connectivity index (χ3n) is 3.57. The van der Waals surface area contributed by atoms with Crippen LogP contribution in [0.1, 0.15) is 30.6 Å². The van der Waals surface area contributed by atoms with Crippen LogP contribution in [0, 0.1) is 0 Å². The lowest BCUT2D eigenvalue weighted by Crippen LogP contribution is -2.34. The first-order valence-corrected chi connectivity index (χ1v) is 9.01. The maximum atomic E-state index is 12.5. The Bertz CT molecular complexity index is 673. The quantitative estimate of drug-likeness (QED) is 0.812. The van der Waals surface area contributed by atoms with Crippen LogP contribution in [-0.4, -0.2) is 47.9 Å². The van der Waals surface area contributed by atoms with Gasteiger partial charge in [0, 0.05) is 19.2 Å². The van der Waals surface area contributed by atoms with Crippen molar-refractivity contribution in [1.82, 2.24) is 5.32 Å². The van der Waals surface area contributed by atoms with Crippen molar-refractivity contribution in [2.24, 2.45) is 0 Å². The van der Waals surface area contributed by atoms with Crippen LogP contribution in [0.5, 0.6) is 11.5 Å². The van der Waals surface area contributed by atoms with Crippen LogP contribution in [0.25, 0.3) is 0 Å². The van der Waals surface area contributed by atoms with E-state index >= 15 is 0 Å². The van der Waals surface area contributed by atoms with Gasteiger partial charge in [-0.25, -0.2) is 8.42 Å². The van der Waals surface area contributed by atoms with Gasteiger partial charge in [-0.15, -0.1) is 0 Å². The number of sulfonamides is 1. The molecule has 0 aromatic heterocycles. The molecular formula is C15H24N2O5S. The highest BCUT2D eigenvalue weighted by atomic mass is 32.2. The molecule has 1 rings (SSSR count).